The minimum Gasteiger partial charge on any atom is -0.465 e. The second kappa shape index (κ2) is 4.15. The lowest BCUT2D eigenvalue weighted by Crippen LogP contribution is -2.07. The summed E-state index contributed by atoms with van der Waals surface area (Å²) in [6.45, 7) is -0.471. The SMILES string of the molecule is COC(=O)c1cc(CO)cc(F)c1F. The van der Waals surface area contributed by atoms with Gasteiger partial charge in [0.05, 0.1) is 19.3 Å². The third-order valence-electron chi connectivity index (χ3n) is 1.68. The first-order valence-electron chi connectivity index (χ1n) is 3.77. The van der Waals surface area contributed by atoms with Gasteiger partial charge in [0.15, 0.2) is 11.6 Å². The summed E-state index contributed by atoms with van der Waals surface area (Å²) in [7, 11) is 1.06. The fourth-order valence-electron chi connectivity index (χ4n) is 0.995. The van der Waals surface area contributed by atoms with Gasteiger partial charge in [-0.25, -0.2) is 13.6 Å². The zero-order chi connectivity index (χ0) is 10.7. The zero-order valence-corrected chi connectivity index (χ0v) is 7.38. The van der Waals surface area contributed by atoms with Crippen LogP contribution in [0.1, 0.15) is 15.9 Å². The minimum atomic E-state index is -1.27. The molecule has 0 aliphatic heterocycles. The quantitative estimate of drug-likeness (QED) is 0.734. The molecule has 3 nitrogen and oxygen atoms in total. The van der Waals surface area contributed by atoms with Crippen molar-refractivity contribution in [3.05, 3.63) is 34.9 Å². The molecular formula is C9H8F2O3. The van der Waals surface area contributed by atoms with E-state index in [-0.39, 0.29) is 5.56 Å². The van der Waals surface area contributed by atoms with Crippen LogP contribution in [0.3, 0.4) is 0 Å². The number of ether oxygens (including phenoxy) is 1. The van der Waals surface area contributed by atoms with E-state index in [1.165, 1.54) is 0 Å². The first-order chi connectivity index (χ1) is 6.60. The van der Waals surface area contributed by atoms with Gasteiger partial charge in [-0.3, -0.25) is 0 Å². The van der Waals surface area contributed by atoms with E-state index >= 15 is 0 Å². The largest absolute Gasteiger partial charge is 0.465 e. The van der Waals surface area contributed by atoms with Crippen LogP contribution in [0.15, 0.2) is 12.1 Å². The number of esters is 1. The van der Waals surface area contributed by atoms with Gasteiger partial charge in [0, 0.05) is 0 Å². The maximum Gasteiger partial charge on any atom is 0.340 e. The normalized spacial score (nSPS) is 10.0. The number of benzene rings is 1. The lowest BCUT2D eigenvalue weighted by atomic mass is 10.1. The summed E-state index contributed by atoms with van der Waals surface area (Å²) < 4.78 is 30.1. The van der Waals surface area contributed by atoms with Crippen LogP contribution in [0.5, 0.6) is 0 Å². The van der Waals surface area contributed by atoms with Crippen molar-refractivity contribution in [1.29, 1.82) is 0 Å². The molecule has 76 valence electrons. The Balaban J connectivity index is 3.27. The van der Waals surface area contributed by atoms with E-state index in [4.69, 9.17) is 5.11 Å². The number of carbonyl (C=O) groups excluding carboxylic acids is 1. The van der Waals surface area contributed by atoms with Crippen LogP contribution in [0.2, 0.25) is 0 Å². The third-order valence-corrected chi connectivity index (χ3v) is 1.68. The Morgan fingerprint density at radius 3 is 2.64 bits per heavy atom. The first-order valence-corrected chi connectivity index (χ1v) is 3.77. The molecule has 0 saturated carbocycles. The highest BCUT2D eigenvalue weighted by molar-refractivity contribution is 5.89. The van der Waals surface area contributed by atoms with E-state index in [0.717, 1.165) is 19.2 Å². The van der Waals surface area contributed by atoms with Gasteiger partial charge < -0.3 is 9.84 Å². The molecule has 1 aromatic carbocycles. The summed E-state index contributed by atoms with van der Waals surface area (Å²) in [5, 5.41) is 8.69. The van der Waals surface area contributed by atoms with Crippen molar-refractivity contribution in [2.45, 2.75) is 6.61 Å². The second-order valence-corrected chi connectivity index (χ2v) is 2.59. The zero-order valence-electron chi connectivity index (χ0n) is 7.38. The summed E-state index contributed by atoms with van der Waals surface area (Å²) in [6.07, 6.45) is 0. The highest BCUT2D eigenvalue weighted by Crippen LogP contribution is 2.15. The van der Waals surface area contributed by atoms with Crippen molar-refractivity contribution >= 4 is 5.97 Å². The molecule has 0 bridgehead atoms. The number of hydrogen-bond donors (Lipinski definition) is 1. The van der Waals surface area contributed by atoms with E-state index in [1.54, 1.807) is 0 Å². The Hall–Kier alpha value is -1.49. The summed E-state index contributed by atoms with van der Waals surface area (Å²) in [4.78, 5) is 10.9. The smallest absolute Gasteiger partial charge is 0.340 e. The van der Waals surface area contributed by atoms with Gasteiger partial charge in [0.25, 0.3) is 0 Å². The van der Waals surface area contributed by atoms with E-state index in [2.05, 4.69) is 4.74 Å². The fourth-order valence-corrected chi connectivity index (χ4v) is 0.995. The lowest BCUT2D eigenvalue weighted by molar-refractivity contribution is 0.0594. The molecule has 0 fully saturated rings. The van der Waals surface area contributed by atoms with Crippen molar-refractivity contribution in [3.63, 3.8) is 0 Å². The van der Waals surface area contributed by atoms with E-state index in [9.17, 15) is 13.6 Å². The van der Waals surface area contributed by atoms with Gasteiger partial charge in [-0.15, -0.1) is 0 Å². The number of aliphatic hydroxyl groups is 1. The van der Waals surface area contributed by atoms with Gasteiger partial charge in [-0.2, -0.15) is 0 Å². The molecule has 0 aliphatic carbocycles. The minimum absolute atomic E-state index is 0.115. The van der Waals surface area contributed by atoms with Crippen molar-refractivity contribution in [2.75, 3.05) is 7.11 Å². The van der Waals surface area contributed by atoms with Crippen molar-refractivity contribution in [1.82, 2.24) is 0 Å². The number of methoxy groups -OCH3 is 1. The predicted molar refractivity (Wildman–Crippen MR) is 43.6 cm³/mol. The van der Waals surface area contributed by atoms with Crippen LogP contribution >= 0.6 is 0 Å². The Labute approximate surface area is 78.9 Å². The Morgan fingerprint density at radius 1 is 1.50 bits per heavy atom. The first kappa shape index (κ1) is 10.6. The molecule has 0 amide bonds. The number of halogens is 2. The standard InChI is InChI=1S/C9H8F2O3/c1-14-9(13)6-2-5(4-12)3-7(10)8(6)11/h2-3,12H,4H2,1H3. The van der Waals surface area contributed by atoms with Gasteiger partial charge in [-0.05, 0) is 17.7 Å². The molecule has 1 rings (SSSR count). The van der Waals surface area contributed by atoms with E-state index in [0.29, 0.717) is 0 Å². The molecule has 0 atom stereocenters. The lowest BCUT2D eigenvalue weighted by Gasteiger charge is -2.04. The summed E-state index contributed by atoms with van der Waals surface area (Å²) >= 11 is 0. The fraction of sp³-hybridized carbons (Fsp3) is 0.222. The van der Waals surface area contributed by atoms with Crippen LogP contribution in [0.25, 0.3) is 0 Å². The number of aliphatic hydroxyl groups excluding tert-OH is 1. The summed E-state index contributed by atoms with van der Waals surface area (Å²) in [5.74, 6) is -3.43. The van der Waals surface area contributed by atoms with Crippen LogP contribution in [0.4, 0.5) is 8.78 Å². The van der Waals surface area contributed by atoms with Crippen LogP contribution < -0.4 is 0 Å². The maximum absolute atomic E-state index is 13.0. The molecule has 1 aromatic rings. The van der Waals surface area contributed by atoms with E-state index in [1.807, 2.05) is 0 Å². The summed E-state index contributed by atoms with van der Waals surface area (Å²) in [5.41, 5.74) is -0.402. The van der Waals surface area contributed by atoms with Gasteiger partial charge in [0.1, 0.15) is 0 Å². The van der Waals surface area contributed by atoms with Gasteiger partial charge in [-0.1, -0.05) is 0 Å². The maximum atomic E-state index is 13.0. The molecule has 0 aromatic heterocycles. The van der Waals surface area contributed by atoms with Crippen LogP contribution in [0, 0.1) is 11.6 Å². The highest BCUT2D eigenvalue weighted by Gasteiger charge is 2.17. The third kappa shape index (κ3) is 1.88. The molecule has 0 saturated heterocycles. The molecule has 0 unspecified atom stereocenters. The molecule has 1 N–H and O–H groups in total. The highest BCUT2D eigenvalue weighted by atomic mass is 19.2. The molecular weight excluding hydrogens is 194 g/mol. The van der Waals surface area contributed by atoms with Crippen LogP contribution in [-0.4, -0.2) is 18.2 Å². The second-order valence-electron chi connectivity index (χ2n) is 2.59. The Bertz CT molecular complexity index is 363. The van der Waals surface area contributed by atoms with E-state index < -0.39 is 29.8 Å². The molecule has 0 aliphatic rings. The van der Waals surface area contributed by atoms with Crippen molar-refractivity contribution in [2.24, 2.45) is 0 Å². The average molecular weight is 202 g/mol. The van der Waals surface area contributed by atoms with Crippen molar-refractivity contribution < 1.29 is 23.4 Å². The molecule has 0 heterocycles. The monoisotopic (exact) mass is 202 g/mol. The predicted octanol–water partition coefficient (Wildman–Crippen LogP) is 1.24. The Morgan fingerprint density at radius 2 is 2.14 bits per heavy atom. The number of carbonyl (C=O) groups is 1. The topological polar surface area (TPSA) is 46.5 Å². The molecule has 14 heavy (non-hydrogen) atoms. The Kier molecular flexibility index (Phi) is 3.14. The van der Waals surface area contributed by atoms with Crippen molar-refractivity contribution in [3.8, 4) is 0 Å². The van der Waals surface area contributed by atoms with Gasteiger partial charge >= 0.3 is 5.97 Å². The summed E-state index contributed by atoms with van der Waals surface area (Å²) in [6, 6.07) is 1.87. The molecule has 5 heteroatoms. The number of hydrogen-bond acceptors (Lipinski definition) is 3. The molecule has 0 radical (unpaired) electrons. The number of rotatable bonds is 2. The molecule has 0 spiro atoms. The average Bonchev–Trinajstić information content (AvgIpc) is 2.20. The van der Waals surface area contributed by atoms with Crippen LogP contribution in [-0.2, 0) is 11.3 Å². The van der Waals surface area contributed by atoms with Gasteiger partial charge in [0.2, 0.25) is 0 Å².